The Morgan fingerprint density at radius 3 is 2.31 bits per heavy atom. The third-order valence-electron chi connectivity index (χ3n) is 2.14. The van der Waals surface area contributed by atoms with Gasteiger partial charge in [0.05, 0.1) is 6.04 Å². The summed E-state index contributed by atoms with van der Waals surface area (Å²) in [6, 6.07) is -0.397. The van der Waals surface area contributed by atoms with Crippen LogP contribution in [0.1, 0.15) is 26.2 Å². The van der Waals surface area contributed by atoms with E-state index in [-0.39, 0.29) is 11.7 Å². The standard InChI is InChI=1S/C9H21N3O/c1-7(12)9(13)8(6-11)4-2-3-5-10/h7-8H,2-6,10-12H2,1H3/t7-,8?/m0/s1. The fourth-order valence-corrected chi connectivity index (χ4v) is 1.28. The van der Waals surface area contributed by atoms with Crippen LogP contribution >= 0.6 is 0 Å². The molecule has 4 nitrogen and oxygen atoms in total. The molecule has 0 amide bonds. The summed E-state index contributed by atoms with van der Waals surface area (Å²) >= 11 is 0. The van der Waals surface area contributed by atoms with E-state index in [1.165, 1.54) is 0 Å². The van der Waals surface area contributed by atoms with Gasteiger partial charge >= 0.3 is 0 Å². The molecule has 0 rings (SSSR count). The van der Waals surface area contributed by atoms with Crippen LogP contribution in [-0.2, 0) is 4.79 Å². The average molecular weight is 187 g/mol. The summed E-state index contributed by atoms with van der Waals surface area (Å²) in [5, 5.41) is 0. The van der Waals surface area contributed by atoms with Crippen LogP contribution in [0.5, 0.6) is 0 Å². The van der Waals surface area contributed by atoms with Crippen molar-refractivity contribution < 1.29 is 4.79 Å². The third kappa shape index (κ3) is 4.98. The molecule has 0 saturated heterocycles. The summed E-state index contributed by atoms with van der Waals surface area (Å²) in [7, 11) is 0. The van der Waals surface area contributed by atoms with E-state index in [4.69, 9.17) is 17.2 Å². The van der Waals surface area contributed by atoms with E-state index in [9.17, 15) is 4.79 Å². The molecule has 0 aliphatic carbocycles. The van der Waals surface area contributed by atoms with Crippen molar-refractivity contribution in [2.24, 2.45) is 23.1 Å². The van der Waals surface area contributed by atoms with Crippen LogP contribution in [0.25, 0.3) is 0 Å². The van der Waals surface area contributed by atoms with Gasteiger partial charge in [0, 0.05) is 12.5 Å². The number of nitrogens with two attached hydrogens (primary N) is 3. The molecule has 0 aromatic rings. The Labute approximate surface area is 79.8 Å². The second-order valence-corrected chi connectivity index (χ2v) is 3.41. The maximum Gasteiger partial charge on any atom is 0.153 e. The Hall–Kier alpha value is -0.450. The first-order chi connectivity index (χ1) is 6.13. The van der Waals surface area contributed by atoms with Crippen molar-refractivity contribution in [1.29, 1.82) is 0 Å². The van der Waals surface area contributed by atoms with E-state index in [2.05, 4.69) is 0 Å². The number of carbonyl (C=O) groups excluding carboxylic acids is 1. The van der Waals surface area contributed by atoms with E-state index in [1.807, 2.05) is 0 Å². The smallest absolute Gasteiger partial charge is 0.153 e. The first-order valence-corrected chi connectivity index (χ1v) is 4.83. The summed E-state index contributed by atoms with van der Waals surface area (Å²) < 4.78 is 0. The minimum absolute atomic E-state index is 0.0690. The van der Waals surface area contributed by atoms with Crippen molar-refractivity contribution in [3.63, 3.8) is 0 Å². The molecule has 0 fully saturated rings. The van der Waals surface area contributed by atoms with Gasteiger partial charge in [0.2, 0.25) is 0 Å². The molecule has 0 bridgehead atoms. The second kappa shape index (κ2) is 7.00. The SMILES string of the molecule is C[C@H](N)C(=O)C(CN)CCCCN. The fraction of sp³-hybridized carbons (Fsp3) is 0.889. The molecule has 0 heterocycles. The maximum absolute atomic E-state index is 11.4. The van der Waals surface area contributed by atoms with Crippen molar-refractivity contribution in [1.82, 2.24) is 0 Å². The van der Waals surface area contributed by atoms with Crippen LogP contribution in [-0.4, -0.2) is 24.9 Å². The zero-order chi connectivity index (χ0) is 10.3. The first-order valence-electron chi connectivity index (χ1n) is 4.83. The molecule has 6 N–H and O–H groups in total. The molecule has 0 aromatic heterocycles. The molecule has 0 aliphatic heterocycles. The lowest BCUT2D eigenvalue weighted by molar-refractivity contribution is -0.123. The van der Waals surface area contributed by atoms with Crippen molar-refractivity contribution in [2.45, 2.75) is 32.2 Å². The molecule has 13 heavy (non-hydrogen) atoms. The second-order valence-electron chi connectivity index (χ2n) is 3.41. The molecule has 2 atom stereocenters. The summed E-state index contributed by atoms with van der Waals surface area (Å²) in [4.78, 5) is 11.4. The van der Waals surface area contributed by atoms with Gasteiger partial charge in [0.1, 0.15) is 0 Å². The summed E-state index contributed by atoms with van der Waals surface area (Å²) in [6.45, 7) is 2.77. The quantitative estimate of drug-likeness (QED) is 0.473. The highest BCUT2D eigenvalue weighted by molar-refractivity contribution is 5.85. The number of ketones is 1. The number of Topliss-reactive ketones (excluding diaryl/α,β-unsaturated/α-hetero) is 1. The molecular formula is C9H21N3O. The normalized spacial score (nSPS) is 15.4. The Kier molecular flexibility index (Phi) is 6.76. The molecule has 1 unspecified atom stereocenters. The lowest BCUT2D eigenvalue weighted by Crippen LogP contribution is -2.36. The molecule has 78 valence electrons. The highest BCUT2D eigenvalue weighted by Crippen LogP contribution is 2.09. The van der Waals surface area contributed by atoms with E-state index >= 15 is 0 Å². The largest absolute Gasteiger partial charge is 0.330 e. The minimum Gasteiger partial charge on any atom is -0.330 e. The van der Waals surface area contributed by atoms with Gasteiger partial charge in [0.15, 0.2) is 5.78 Å². The number of hydrogen-bond donors (Lipinski definition) is 3. The number of rotatable bonds is 7. The highest BCUT2D eigenvalue weighted by atomic mass is 16.1. The van der Waals surface area contributed by atoms with Gasteiger partial charge in [0.25, 0.3) is 0 Å². The zero-order valence-electron chi connectivity index (χ0n) is 8.33. The topological polar surface area (TPSA) is 95.1 Å². The van der Waals surface area contributed by atoms with Crippen LogP contribution in [0.4, 0.5) is 0 Å². The van der Waals surface area contributed by atoms with Gasteiger partial charge in [-0.2, -0.15) is 0 Å². The lowest BCUT2D eigenvalue weighted by Gasteiger charge is -2.15. The molecule has 0 aliphatic rings. The van der Waals surface area contributed by atoms with Crippen LogP contribution < -0.4 is 17.2 Å². The molecule has 4 heteroatoms. The summed E-state index contributed by atoms with van der Waals surface area (Å²) in [5.41, 5.74) is 16.3. The highest BCUT2D eigenvalue weighted by Gasteiger charge is 2.19. The van der Waals surface area contributed by atoms with Crippen LogP contribution in [0.3, 0.4) is 0 Å². The van der Waals surface area contributed by atoms with Crippen molar-refractivity contribution in [2.75, 3.05) is 13.1 Å². The average Bonchev–Trinajstić information content (AvgIpc) is 2.11. The first kappa shape index (κ1) is 12.6. The summed E-state index contributed by atoms with van der Waals surface area (Å²) in [6.07, 6.45) is 2.72. The van der Waals surface area contributed by atoms with Crippen molar-refractivity contribution in [3.05, 3.63) is 0 Å². The third-order valence-corrected chi connectivity index (χ3v) is 2.14. The zero-order valence-corrected chi connectivity index (χ0v) is 8.33. The van der Waals surface area contributed by atoms with Gasteiger partial charge in [-0.15, -0.1) is 0 Å². The van der Waals surface area contributed by atoms with Crippen LogP contribution in [0.15, 0.2) is 0 Å². The number of carbonyl (C=O) groups is 1. The van der Waals surface area contributed by atoms with Crippen molar-refractivity contribution in [3.8, 4) is 0 Å². The Morgan fingerprint density at radius 1 is 1.31 bits per heavy atom. The Balaban J connectivity index is 3.81. The van der Waals surface area contributed by atoms with Crippen LogP contribution in [0.2, 0.25) is 0 Å². The van der Waals surface area contributed by atoms with Crippen molar-refractivity contribution >= 4 is 5.78 Å². The maximum atomic E-state index is 11.4. The minimum atomic E-state index is -0.397. The van der Waals surface area contributed by atoms with E-state index in [0.29, 0.717) is 13.1 Å². The predicted molar refractivity (Wildman–Crippen MR) is 54.1 cm³/mol. The van der Waals surface area contributed by atoms with Gasteiger partial charge in [-0.25, -0.2) is 0 Å². The molecule has 0 aromatic carbocycles. The number of unbranched alkanes of at least 4 members (excludes halogenated alkanes) is 1. The molecule has 0 spiro atoms. The van der Waals surface area contributed by atoms with E-state index in [0.717, 1.165) is 19.3 Å². The van der Waals surface area contributed by atoms with Gasteiger partial charge in [-0.3, -0.25) is 4.79 Å². The predicted octanol–water partition coefficient (Wildman–Crippen LogP) is -0.393. The van der Waals surface area contributed by atoms with Gasteiger partial charge in [-0.05, 0) is 26.3 Å². The Morgan fingerprint density at radius 2 is 1.92 bits per heavy atom. The van der Waals surface area contributed by atoms with Crippen LogP contribution in [0, 0.1) is 5.92 Å². The fourth-order valence-electron chi connectivity index (χ4n) is 1.28. The summed E-state index contributed by atoms with van der Waals surface area (Å²) in [5.74, 6) is -0.00827. The van der Waals surface area contributed by atoms with Gasteiger partial charge in [-0.1, -0.05) is 6.42 Å². The molecular weight excluding hydrogens is 166 g/mol. The lowest BCUT2D eigenvalue weighted by atomic mass is 9.94. The van der Waals surface area contributed by atoms with Gasteiger partial charge < -0.3 is 17.2 Å². The molecule has 0 radical (unpaired) electrons. The Bertz CT molecular complexity index is 148. The van der Waals surface area contributed by atoms with E-state index < -0.39 is 6.04 Å². The molecule has 0 saturated carbocycles. The number of hydrogen-bond acceptors (Lipinski definition) is 4. The van der Waals surface area contributed by atoms with E-state index in [1.54, 1.807) is 6.92 Å². The monoisotopic (exact) mass is 187 g/mol.